The lowest BCUT2D eigenvalue weighted by Gasteiger charge is -2.08. The zero-order valence-corrected chi connectivity index (χ0v) is 18.0. The predicted octanol–water partition coefficient (Wildman–Crippen LogP) is 3.33. The van der Waals surface area contributed by atoms with Crippen LogP contribution in [0.2, 0.25) is 5.02 Å². The molecule has 0 aliphatic carbocycles. The van der Waals surface area contributed by atoms with Crippen molar-refractivity contribution in [3.63, 3.8) is 0 Å². The number of carbonyl (C=O) groups is 1. The van der Waals surface area contributed by atoms with Crippen molar-refractivity contribution in [1.82, 2.24) is 15.0 Å². The van der Waals surface area contributed by atoms with Crippen molar-refractivity contribution in [2.24, 2.45) is 0 Å². The van der Waals surface area contributed by atoms with Gasteiger partial charge >= 0.3 is 0 Å². The van der Waals surface area contributed by atoms with Gasteiger partial charge in [-0.25, -0.2) is 18.1 Å². The highest BCUT2D eigenvalue weighted by molar-refractivity contribution is 7.89. The molecule has 0 aliphatic heterocycles. The highest BCUT2D eigenvalue weighted by Gasteiger charge is 2.14. The summed E-state index contributed by atoms with van der Waals surface area (Å²) in [6.07, 6.45) is 2.18. The van der Waals surface area contributed by atoms with Crippen molar-refractivity contribution in [2.45, 2.75) is 24.7 Å². The Kier molecular flexibility index (Phi) is 7.25. The minimum atomic E-state index is -3.67. The molecule has 0 spiro atoms. The van der Waals surface area contributed by atoms with E-state index in [0.717, 1.165) is 11.1 Å². The molecule has 1 aromatic heterocycles. The van der Waals surface area contributed by atoms with Crippen molar-refractivity contribution in [2.75, 3.05) is 13.1 Å². The third-order valence-electron chi connectivity index (χ3n) is 4.30. The minimum absolute atomic E-state index is 0.0666. The van der Waals surface area contributed by atoms with Crippen LogP contribution in [0.3, 0.4) is 0 Å². The fraction of sp³-hybridized carbons (Fsp3) is 0.238. The Morgan fingerprint density at radius 1 is 1.13 bits per heavy atom. The maximum absolute atomic E-state index is 12.2. The number of aromatic nitrogens is 1. The second-order valence-corrected chi connectivity index (χ2v) is 8.89. The Morgan fingerprint density at radius 3 is 2.63 bits per heavy atom. The topological polar surface area (TPSA) is 101 Å². The molecular formula is C21H22ClN3O4S. The van der Waals surface area contributed by atoms with Crippen LogP contribution in [0.15, 0.2) is 64.0 Å². The fourth-order valence-corrected chi connectivity index (χ4v) is 4.02. The van der Waals surface area contributed by atoms with E-state index in [9.17, 15) is 13.2 Å². The van der Waals surface area contributed by atoms with Crippen molar-refractivity contribution in [1.29, 1.82) is 0 Å². The van der Waals surface area contributed by atoms with Gasteiger partial charge in [-0.05, 0) is 25.1 Å². The molecule has 2 N–H and O–H groups in total. The van der Waals surface area contributed by atoms with Gasteiger partial charge in [-0.3, -0.25) is 4.79 Å². The Hall–Kier alpha value is -2.68. The number of amides is 1. The Bertz CT molecular complexity index is 1110. The maximum atomic E-state index is 12.2. The zero-order chi connectivity index (χ0) is 21.6. The molecule has 3 aromatic rings. The van der Waals surface area contributed by atoms with Gasteiger partial charge in [-0.2, -0.15) is 0 Å². The average molecular weight is 448 g/mol. The number of aryl methyl sites for hydroxylation is 2. The molecular weight excluding hydrogens is 426 g/mol. The number of oxazole rings is 1. The summed E-state index contributed by atoms with van der Waals surface area (Å²) in [6.45, 7) is 2.24. The zero-order valence-electron chi connectivity index (χ0n) is 16.4. The standard InChI is InChI=1S/C21H22ClN3O4S/c1-15-5-7-16(8-6-15)19-14-24-21(29-19)10-9-20(26)23-11-12-25-30(27,28)18-4-2-3-17(22)13-18/h2-8,13-14,25H,9-12H2,1H3,(H,23,26). The lowest BCUT2D eigenvalue weighted by atomic mass is 10.1. The van der Waals surface area contributed by atoms with E-state index in [-0.39, 0.29) is 30.3 Å². The van der Waals surface area contributed by atoms with Gasteiger partial charge in [0.1, 0.15) is 0 Å². The predicted molar refractivity (Wildman–Crippen MR) is 115 cm³/mol. The molecule has 0 atom stereocenters. The summed E-state index contributed by atoms with van der Waals surface area (Å²) >= 11 is 5.82. The van der Waals surface area contributed by atoms with E-state index in [0.29, 0.717) is 23.1 Å². The van der Waals surface area contributed by atoms with Crippen LogP contribution in [0, 0.1) is 6.92 Å². The molecule has 0 fully saturated rings. The largest absolute Gasteiger partial charge is 0.441 e. The molecule has 0 aliphatic rings. The number of sulfonamides is 1. The highest BCUT2D eigenvalue weighted by Crippen LogP contribution is 2.21. The third kappa shape index (κ3) is 6.16. The molecule has 1 heterocycles. The van der Waals surface area contributed by atoms with Crippen LogP contribution in [-0.4, -0.2) is 32.4 Å². The van der Waals surface area contributed by atoms with Crippen molar-refractivity contribution >= 4 is 27.5 Å². The van der Waals surface area contributed by atoms with E-state index in [4.69, 9.17) is 16.0 Å². The first-order valence-electron chi connectivity index (χ1n) is 9.37. The Labute approximate surface area is 180 Å². The molecule has 158 valence electrons. The number of rotatable bonds is 9. The van der Waals surface area contributed by atoms with Gasteiger partial charge in [0.25, 0.3) is 0 Å². The van der Waals surface area contributed by atoms with Gasteiger partial charge in [0.05, 0.1) is 11.1 Å². The molecule has 0 bridgehead atoms. The van der Waals surface area contributed by atoms with Gasteiger partial charge in [-0.15, -0.1) is 0 Å². The molecule has 0 radical (unpaired) electrons. The van der Waals surface area contributed by atoms with Crippen LogP contribution in [0.5, 0.6) is 0 Å². The first kappa shape index (κ1) is 22.0. The Morgan fingerprint density at radius 2 is 1.90 bits per heavy atom. The van der Waals surface area contributed by atoms with Gasteiger partial charge in [0.15, 0.2) is 11.7 Å². The van der Waals surface area contributed by atoms with E-state index in [1.165, 1.54) is 12.1 Å². The van der Waals surface area contributed by atoms with Gasteiger partial charge < -0.3 is 9.73 Å². The monoisotopic (exact) mass is 447 g/mol. The molecule has 0 saturated carbocycles. The molecule has 0 unspecified atom stereocenters. The quantitative estimate of drug-likeness (QED) is 0.490. The van der Waals surface area contributed by atoms with Crippen LogP contribution in [0.25, 0.3) is 11.3 Å². The first-order valence-corrected chi connectivity index (χ1v) is 11.2. The van der Waals surface area contributed by atoms with Crippen molar-refractivity contribution in [3.05, 3.63) is 71.2 Å². The number of carbonyl (C=O) groups excluding carboxylic acids is 1. The number of halogens is 1. The molecule has 1 amide bonds. The summed E-state index contributed by atoms with van der Waals surface area (Å²) in [4.78, 5) is 16.3. The molecule has 7 nitrogen and oxygen atoms in total. The van der Waals surface area contributed by atoms with Gasteiger partial charge in [0.2, 0.25) is 15.9 Å². The minimum Gasteiger partial charge on any atom is -0.441 e. The van der Waals surface area contributed by atoms with Crippen LogP contribution in [0.4, 0.5) is 0 Å². The summed E-state index contributed by atoms with van der Waals surface area (Å²) in [5.41, 5.74) is 2.08. The summed E-state index contributed by atoms with van der Waals surface area (Å²) in [7, 11) is -3.67. The second-order valence-electron chi connectivity index (χ2n) is 6.69. The van der Waals surface area contributed by atoms with E-state index in [2.05, 4.69) is 15.0 Å². The van der Waals surface area contributed by atoms with Crippen LogP contribution >= 0.6 is 11.6 Å². The van der Waals surface area contributed by atoms with Crippen molar-refractivity contribution < 1.29 is 17.6 Å². The number of benzene rings is 2. The average Bonchev–Trinajstić information content (AvgIpc) is 3.19. The molecule has 0 saturated heterocycles. The third-order valence-corrected chi connectivity index (χ3v) is 6.00. The van der Waals surface area contributed by atoms with Crippen molar-refractivity contribution in [3.8, 4) is 11.3 Å². The molecule has 9 heteroatoms. The number of nitrogens with zero attached hydrogens (tertiary/aromatic N) is 1. The SMILES string of the molecule is Cc1ccc(-c2cnc(CCC(=O)NCCNS(=O)(=O)c3cccc(Cl)c3)o2)cc1. The Balaban J connectivity index is 1.41. The van der Waals surface area contributed by atoms with Crippen LogP contribution < -0.4 is 10.0 Å². The summed E-state index contributed by atoms with van der Waals surface area (Å²) < 4.78 is 32.5. The maximum Gasteiger partial charge on any atom is 0.240 e. The number of hydrogen-bond acceptors (Lipinski definition) is 5. The van der Waals surface area contributed by atoms with E-state index < -0.39 is 10.0 Å². The summed E-state index contributed by atoms with van der Waals surface area (Å²) in [5, 5.41) is 3.01. The number of nitrogens with one attached hydrogen (secondary N) is 2. The normalized spacial score (nSPS) is 11.4. The lowest BCUT2D eigenvalue weighted by Crippen LogP contribution is -2.34. The van der Waals surface area contributed by atoms with Crippen LogP contribution in [0.1, 0.15) is 17.9 Å². The molecule has 2 aromatic carbocycles. The number of hydrogen-bond donors (Lipinski definition) is 2. The van der Waals surface area contributed by atoms with E-state index >= 15 is 0 Å². The second kappa shape index (κ2) is 9.88. The summed E-state index contributed by atoms with van der Waals surface area (Å²) in [5.74, 6) is 0.912. The van der Waals surface area contributed by atoms with E-state index in [1.54, 1.807) is 18.3 Å². The molecule has 30 heavy (non-hydrogen) atoms. The smallest absolute Gasteiger partial charge is 0.240 e. The molecule has 3 rings (SSSR count). The van der Waals surface area contributed by atoms with Crippen LogP contribution in [-0.2, 0) is 21.2 Å². The summed E-state index contributed by atoms with van der Waals surface area (Å²) in [6, 6.07) is 13.9. The fourth-order valence-electron chi connectivity index (χ4n) is 2.69. The first-order chi connectivity index (χ1) is 14.3. The van der Waals surface area contributed by atoms with Gasteiger partial charge in [0, 0.05) is 36.5 Å². The van der Waals surface area contributed by atoms with E-state index in [1.807, 2.05) is 31.2 Å². The lowest BCUT2D eigenvalue weighted by molar-refractivity contribution is -0.121. The van der Waals surface area contributed by atoms with Gasteiger partial charge in [-0.1, -0.05) is 47.5 Å². The highest BCUT2D eigenvalue weighted by atomic mass is 35.5.